The molecule has 0 aliphatic carbocycles. The van der Waals surface area contributed by atoms with Gasteiger partial charge in [0.05, 0.1) is 18.2 Å². The van der Waals surface area contributed by atoms with Gasteiger partial charge < -0.3 is 4.57 Å². The van der Waals surface area contributed by atoms with Crippen LogP contribution >= 0.6 is 0 Å². The Morgan fingerprint density at radius 2 is 1.85 bits per heavy atom. The Labute approximate surface area is 112 Å². The number of halogens is 3. The molecule has 0 unspecified atom stereocenters. The molecule has 3 nitrogen and oxygen atoms in total. The smallest absolute Gasteiger partial charge is 0.311 e. The molecule has 102 valence electrons. The molecule has 1 aromatic heterocycles. The van der Waals surface area contributed by atoms with Crippen LogP contribution in [0, 0.1) is 11.3 Å². The van der Waals surface area contributed by atoms with Crippen molar-refractivity contribution in [2.75, 3.05) is 0 Å². The van der Waals surface area contributed by atoms with Crippen LogP contribution in [0.3, 0.4) is 0 Å². The van der Waals surface area contributed by atoms with Crippen molar-refractivity contribution in [3.05, 3.63) is 69.6 Å². The summed E-state index contributed by atoms with van der Waals surface area (Å²) < 4.78 is 38.9. The van der Waals surface area contributed by atoms with Gasteiger partial charge in [-0.2, -0.15) is 18.4 Å². The van der Waals surface area contributed by atoms with E-state index in [9.17, 15) is 18.0 Å². The van der Waals surface area contributed by atoms with Crippen LogP contribution in [-0.4, -0.2) is 4.57 Å². The third kappa shape index (κ3) is 2.72. The Morgan fingerprint density at radius 3 is 2.50 bits per heavy atom. The average Bonchev–Trinajstić information content (AvgIpc) is 2.40. The zero-order chi connectivity index (χ0) is 14.8. The van der Waals surface area contributed by atoms with Crippen LogP contribution < -0.4 is 5.56 Å². The summed E-state index contributed by atoms with van der Waals surface area (Å²) in [6.45, 7) is -0.0769. The van der Waals surface area contributed by atoms with E-state index in [1.165, 1.54) is 12.3 Å². The van der Waals surface area contributed by atoms with Crippen molar-refractivity contribution >= 4 is 0 Å². The zero-order valence-corrected chi connectivity index (χ0v) is 10.2. The van der Waals surface area contributed by atoms with Gasteiger partial charge in [0, 0.05) is 6.20 Å². The molecule has 1 heterocycles. The van der Waals surface area contributed by atoms with E-state index in [4.69, 9.17) is 5.26 Å². The second kappa shape index (κ2) is 5.21. The molecule has 0 aliphatic heterocycles. The Morgan fingerprint density at radius 1 is 1.15 bits per heavy atom. The highest BCUT2D eigenvalue weighted by atomic mass is 19.4. The molecule has 0 N–H and O–H groups in total. The van der Waals surface area contributed by atoms with Gasteiger partial charge in [0.2, 0.25) is 0 Å². The highest BCUT2D eigenvalue weighted by Gasteiger charge is 2.34. The molecule has 1 aromatic carbocycles. The molecule has 0 bridgehead atoms. The quantitative estimate of drug-likeness (QED) is 0.848. The number of aromatic nitrogens is 1. The molecule has 0 atom stereocenters. The summed E-state index contributed by atoms with van der Waals surface area (Å²) in [4.78, 5) is 11.8. The van der Waals surface area contributed by atoms with Crippen LogP contribution in [0.5, 0.6) is 0 Å². The number of benzene rings is 1. The summed E-state index contributed by atoms with van der Waals surface area (Å²) in [5.41, 5.74) is -1.50. The van der Waals surface area contributed by atoms with E-state index >= 15 is 0 Å². The molecule has 0 radical (unpaired) electrons. The first-order valence-electron chi connectivity index (χ1n) is 5.68. The second-order valence-corrected chi connectivity index (χ2v) is 4.12. The van der Waals surface area contributed by atoms with Gasteiger partial charge >= 0.3 is 6.18 Å². The minimum absolute atomic E-state index is 0.0769. The maximum Gasteiger partial charge on any atom is 0.421 e. The van der Waals surface area contributed by atoms with Gasteiger partial charge in [0.1, 0.15) is 5.56 Å². The van der Waals surface area contributed by atoms with Crippen molar-refractivity contribution in [3.63, 3.8) is 0 Å². The summed E-state index contributed by atoms with van der Waals surface area (Å²) in [5, 5.41) is 8.93. The number of nitrogens with zero attached hydrogens (tertiary/aromatic N) is 2. The molecule has 0 fully saturated rings. The molecule has 0 aliphatic rings. The highest BCUT2D eigenvalue weighted by molar-refractivity contribution is 5.37. The maximum absolute atomic E-state index is 12.6. The predicted molar refractivity (Wildman–Crippen MR) is 66.0 cm³/mol. The van der Waals surface area contributed by atoms with Crippen LogP contribution in [0.25, 0.3) is 0 Å². The van der Waals surface area contributed by atoms with Crippen molar-refractivity contribution < 1.29 is 13.2 Å². The van der Waals surface area contributed by atoms with Crippen LogP contribution in [0.4, 0.5) is 13.2 Å². The van der Waals surface area contributed by atoms with Gasteiger partial charge in [-0.1, -0.05) is 18.2 Å². The fourth-order valence-electron chi connectivity index (χ4n) is 1.83. The summed E-state index contributed by atoms with van der Waals surface area (Å²) in [5.74, 6) is 0. The van der Waals surface area contributed by atoms with Crippen LogP contribution in [0.1, 0.15) is 16.7 Å². The zero-order valence-electron chi connectivity index (χ0n) is 10.2. The predicted octanol–water partition coefficient (Wildman–Crippen LogP) is 2.79. The second-order valence-electron chi connectivity index (χ2n) is 4.12. The molecule has 0 spiro atoms. The van der Waals surface area contributed by atoms with E-state index < -0.39 is 17.3 Å². The van der Waals surface area contributed by atoms with Crippen LogP contribution in [0.2, 0.25) is 0 Å². The van der Waals surface area contributed by atoms with Crippen molar-refractivity contribution in [1.82, 2.24) is 4.57 Å². The summed E-state index contributed by atoms with van der Waals surface area (Å²) in [7, 11) is 0. The Kier molecular flexibility index (Phi) is 3.61. The van der Waals surface area contributed by atoms with E-state index in [-0.39, 0.29) is 6.54 Å². The van der Waals surface area contributed by atoms with E-state index in [1.54, 1.807) is 24.3 Å². The first-order valence-corrected chi connectivity index (χ1v) is 5.68. The highest BCUT2D eigenvalue weighted by Crippen LogP contribution is 2.26. The van der Waals surface area contributed by atoms with Gasteiger partial charge in [0.25, 0.3) is 5.56 Å². The number of pyridine rings is 1. The number of alkyl halides is 3. The van der Waals surface area contributed by atoms with Gasteiger partial charge in [-0.15, -0.1) is 0 Å². The van der Waals surface area contributed by atoms with Gasteiger partial charge in [-0.05, 0) is 23.8 Å². The monoisotopic (exact) mass is 278 g/mol. The Balaban J connectivity index is 2.46. The third-order valence-electron chi connectivity index (χ3n) is 2.80. The standard InChI is InChI=1S/C14H9F3N2O/c15-14(16,17)12-6-3-7-19(13(12)20)9-11-5-2-1-4-10(11)8-18/h1-7H,9H2. The lowest BCUT2D eigenvalue weighted by molar-refractivity contribution is -0.138. The van der Waals surface area contributed by atoms with Crippen molar-refractivity contribution in [2.24, 2.45) is 0 Å². The van der Waals surface area contributed by atoms with E-state index in [0.717, 1.165) is 10.6 Å². The molecule has 0 amide bonds. The fourth-order valence-corrected chi connectivity index (χ4v) is 1.83. The molecule has 6 heteroatoms. The van der Waals surface area contributed by atoms with Crippen molar-refractivity contribution in [3.8, 4) is 6.07 Å². The lowest BCUT2D eigenvalue weighted by Gasteiger charge is -2.11. The lowest BCUT2D eigenvalue weighted by atomic mass is 10.1. The van der Waals surface area contributed by atoms with Crippen LogP contribution in [-0.2, 0) is 12.7 Å². The fraction of sp³-hybridized carbons (Fsp3) is 0.143. The molecular formula is C14H9F3N2O. The van der Waals surface area contributed by atoms with Crippen molar-refractivity contribution in [2.45, 2.75) is 12.7 Å². The molecular weight excluding hydrogens is 269 g/mol. The van der Waals surface area contributed by atoms with E-state index in [1.807, 2.05) is 6.07 Å². The largest absolute Gasteiger partial charge is 0.421 e. The third-order valence-corrected chi connectivity index (χ3v) is 2.80. The lowest BCUT2D eigenvalue weighted by Crippen LogP contribution is -2.28. The number of nitriles is 1. The summed E-state index contributed by atoms with van der Waals surface area (Å²) in [6.07, 6.45) is -3.42. The first-order chi connectivity index (χ1) is 9.43. The van der Waals surface area contributed by atoms with Crippen LogP contribution in [0.15, 0.2) is 47.4 Å². The number of hydrogen-bond acceptors (Lipinski definition) is 2. The van der Waals surface area contributed by atoms with Gasteiger partial charge in [-0.25, -0.2) is 0 Å². The Bertz CT molecular complexity index is 726. The van der Waals surface area contributed by atoms with Gasteiger partial charge in [-0.3, -0.25) is 4.79 Å². The minimum atomic E-state index is -4.69. The minimum Gasteiger partial charge on any atom is -0.311 e. The Hall–Kier alpha value is -2.55. The molecule has 0 saturated heterocycles. The number of hydrogen-bond donors (Lipinski definition) is 0. The molecule has 20 heavy (non-hydrogen) atoms. The first kappa shape index (κ1) is 13.9. The molecule has 2 aromatic rings. The van der Waals surface area contributed by atoms with Gasteiger partial charge in [0.15, 0.2) is 0 Å². The molecule has 0 saturated carbocycles. The normalized spacial score (nSPS) is 11.1. The average molecular weight is 278 g/mol. The summed E-state index contributed by atoms with van der Waals surface area (Å²) >= 11 is 0. The number of rotatable bonds is 2. The van der Waals surface area contributed by atoms with E-state index in [0.29, 0.717) is 11.1 Å². The maximum atomic E-state index is 12.6. The van der Waals surface area contributed by atoms with Crippen molar-refractivity contribution in [1.29, 1.82) is 5.26 Å². The summed E-state index contributed by atoms with van der Waals surface area (Å²) in [6, 6.07) is 10.3. The molecule has 2 rings (SSSR count). The topological polar surface area (TPSA) is 45.8 Å². The van der Waals surface area contributed by atoms with E-state index in [2.05, 4.69) is 0 Å². The SMILES string of the molecule is N#Cc1ccccc1Cn1cccc(C(F)(F)F)c1=O.